The van der Waals surface area contributed by atoms with Crippen LogP contribution in [0.2, 0.25) is 0 Å². The normalized spacial score (nSPS) is 10.2. The number of benzene rings is 2. The van der Waals surface area contributed by atoms with Crippen molar-refractivity contribution in [2.75, 3.05) is 11.1 Å². The number of nitrogens with one attached hydrogen (secondary N) is 1. The number of hydrogen-bond acceptors (Lipinski definition) is 3. The second-order valence-electron chi connectivity index (χ2n) is 4.47. The van der Waals surface area contributed by atoms with Crippen LogP contribution in [0, 0.1) is 12.7 Å². The number of rotatable bonds is 3. The van der Waals surface area contributed by atoms with Gasteiger partial charge in [-0.3, -0.25) is 4.79 Å². The molecule has 0 radical (unpaired) electrons. The lowest BCUT2D eigenvalue weighted by atomic mass is 10.1. The molecule has 2 aromatic rings. The third kappa shape index (κ3) is 3.00. The highest BCUT2D eigenvalue weighted by molar-refractivity contribution is 6.08. The second-order valence-corrected chi connectivity index (χ2v) is 4.47. The molecule has 2 rings (SSSR count). The van der Waals surface area contributed by atoms with E-state index in [1.54, 1.807) is 25.1 Å². The van der Waals surface area contributed by atoms with Gasteiger partial charge in [0.15, 0.2) is 0 Å². The topological polar surface area (TPSA) is 92.4 Å². The molecule has 0 heterocycles. The van der Waals surface area contributed by atoms with Crippen molar-refractivity contribution in [2.24, 2.45) is 0 Å². The molecular formula is C15H13FN2O3. The summed E-state index contributed by atoms with van der Waals surface area (Å²) >= 11 is 0. The Morgan fingerprint density at radius 3 is 2.57 bits per heavy atom. The summed E-state index contributed by atoms with van der Waals surface area (Å²) in [6.07, 6.45) is 0. The summed E-state index contributed by atoms with van der Waals surface area (Å²) < 4.78 is 13.1. The first-order valence-corrected chi connectivity index (χ1v) is 6.09. The Balaban J connectivity index is 2.36. The number of carboxylic acids is 1. The molecule has 0 aromatic heterocycles. The van der Waals surface area contributed by atoms with E-state index >= 15 is 0 Å². The summed E-state index contributed by atoms with van der Waals surface area (Å²) in [5.74, 6) is -2.52. The molecule has 0 fully saturated rings. The van der Waals surface area contributed by atoms with E-state index in [-0.39, 0.29) is 11.3 Å². The predicted molar refractivity (Wildman–Crippen MR) is 76.9 cm³/mol. The Bertz CT molecular complexity index is 729. The fraction of sp³-hybridized carbons (Fsp3) is 0.0667. The molecule has 0 spiro atoms. The number of carbonyl (C=O) groups excluding carboxylic acids is 1. The highest BCUT2D eigenvalue weighted by Gasteiger charge is 2.16. The van der Waals surface area contributed by atoms with Gasteiger partial charge in [0.1, 0.15) is 5.82 Å². The summed E-state index contributed by atoms with van der Waals surface area (Å²) in [5, 5.41) is 11.5. The van der Waals surface area contributed by atoms with Crippen molar-refractivity contribution in [1.82, 2.24) is 0 Å². The summed E-state index contributed by atoms with van der Waals surface area (Å²) in [4.78, 5) is 23.3. The van der Waals surface area contributed by atoms with Gasteiger partial charge in [0, 0.05) is 11.3 Å². The Morgan fingerprint density at radius 1 is 1.19 bits per heavy atom. The van der Waals surface area contributed by atoms with Crippen LogP contribution < -0.4 is 11.1 Å². The van der Waals surface area contributed by atoms with Crippen LogP contribution in [-0.4, -0.2) is 17.0 Å². The van der Waals surface area contributed by atoms with E-state index in [0.29, 0.717) is 16.8 Å². The van der Waals surface area contributed by atoms with E-state index in [1.807, 2.05) is 0 Å². The molecule has 0 bridgehead atoms. The zero-order valence-electron chi connectivity index (χ0n) is 11.2. The maximum Gasteiger partial charge on any atom is 0.337 e. The van der Waals surface area contributed by atoms with Gasteiger partial charge in [-0.05, 0) is 42.8 Å². The summed E-state index contributed by atoms with van der Waals surface area (Å²) in [6, 6.07) is 7.99. The van der Waals surface area contributed by atoms with Crippen LogP contribution in [0.4, 0.5) is 15.8 Å². The van der Waals surface area contributed by atoms with Crippen LogP contribution in [0.5, 0.6) is 0 Å². The maximum atomic E-state index is 13.1. The number of nitrogen functional groups attached to an aromatic ring is 1. The van der Waals surface area contributed by atoms with Gasteiger partial charge in [-0.15, -0.1) is 0 Å². The zero-order valence-corrected chi connectivity index (χ0v) is 11.2. The number of carbonyl (C=O) groups is 2. The molecule has 4 N–H and O–H groups in total. The van der Waals surface area contributed by atoms with Gasteiger partial charge >= 0.3 is 5.97 Å². The molecule has 2 aromatic carbocycles. The van der Waals surface area contributed by atoms with Gasteiger partial charge in [0.2, 0.25) is 0 Å². The molecule has 6 heteroatoms. The fourth-order valence-corrected chi connectivity index (χ4v) is 1.89. The lowest BCUT2D eigenvalue weighted by Gasteiger charge is -2.11. The molecule has 5 nitrogen and oxygen atoms in total. The lowest BCUT2D eigenvalue weighted by Crippen LogP contribution is -2.16. The summed E-state index contributed by atoms with van der Waals surface area (Å²) in [5.41, 5.74) is 6.81. The van der Waals surface area contributed by atoms with E-state index in [9.17, 15) is 14.0 Å². The van der Waals surface area contributed by atoms with Crippen molar-refractivity contribution in [2.45, 2.75) is 6.92 Å². The number of halogens is 1. The van der Waals surface area contributed by atoms with E-state index in [0.717, 1.165) is 12.1 Å². The Labute approximate surface area is 120 Å². The first-order valence-electron chi connectivity index (χ1n) is 6.09. The smallest absolute Gasteiger partial charge is 0.337 e. The Morgan fingerprint density at radius 2 is 1.90 bits per heavy atom. The minimum Gasteiger partial charge on any atom is -0.478 e. The third-order valence-corrected chi connectivity index (χ3v) is 3.08. The number of carboxylic acid groups (broad SMARTS) is 1. The van der Waals surface area contributed by atoms with Gasteiger partial charge in [-0.1, -0.05) is 6.07 Å². The highest BCUT2D eigenvalue weighted by atomic mass is 19.1. The maximum absolute atomic E-state index is 13.1. The van der Waals surface area contributed by atoms with Crippen LogP contribution in [0.3, 0.4) is 0 Å². The average Bonchev–Trinajstić information content (AvgIpc) is 2.43. The standard InChI is InChI=1S/C15H13FN2O3/c1-8-10(3-2-4-12(8)17)14(19)18-13-6-5-9(16)7-11(13)15(20)21/h2-7H,17H2,1H3,(H,18,19)(H,20,21). The van der Waals surface area contributed by atoms with Gasteiger partial charge in [-0.25, -0.2) is 9.18 Å². The third-order valence-electron chi connectivity index (χ3n) is 3.08. The van der Waals surface area contributed by atoms with E-state index in [1.165, 1.54) is 6.07 Å². The molecule has 0 saturated carbocycles. The van der Waals surface area contributed by atoms with Crippen molar-refractivity contribution in [3.8, 4) is 0 Å². The number of amides is 1. The van der Waals surface area contributed by atoms with Gasteiger partial charge in [0.25, 0.3) is 5.91 Å². The van der Waals surface area contributed by atoms with Crippen molar-refractivity contribution in [3.05, 3.63) is 58.9 Å². The largest absolute Gasteiger partial charge is 0.478 e. The van der Waals surface area contributed by atoms with E-state index in [2.05, 4.69) is 5.32 Å². The Kier molecular flexibility index (Phi) is 3.89. The number of anilines is 2. The molecule has 0 atom stereocenters. The molecule has 1 amide bonds. The molecule has 0 unspecified atom stereocenters. The van der Waals surface area contributed by atoms with Gasteiger partial charge in [-0.2, -0.15) is 0 Å². The molecule has 0 aliphatic carbocycles. The van der Waals surface area contributed by atoms with Crippen LogP contribution in [0.15, 0.2) is 36.4 Å². The lowest BCUT2D eigenvalue weighted by molar-refractivity contribution is 0.0697. The van der Waals surface area contributed by atoms with Crippen molar-refractivity contribution in [1.29, 1.82) is 0 Å². The predicted octanol–water partition coefficient (Wildman–Crippen LogP) is 2.67. The molecular weight excluding hydrogens is 275 g/mol. The molecule has 21 heavy (non-hydrogen) atoms. The van der Waals surface area contributed by atoms with Crippen LogP contribution in [-0.2, 0) is 0 Å². The monoisotopic (exact) mass is 288 g/mol. The van der Waals surface area contributed by atoms with Crippen molar-refractivity contribution < 1.29 is 19.1 Å². The summed E-state index contributed by atoms with van der Waals surface area (Å²) in [6.45, 7) is 1.69. The van der Waals surface area contributed by atoms with Crippen LogP contribution in [0.1, 0.15) is 26.3 Å². The highest BCUT2D eigenvalue weighted by Crippen LogP contribution is 2.20. The SMILES string of the molecule is Cc1c(N)cccc1C(=O)Nc1ccc(F)cc1C(=O)O. The molecule has 0 aliphatic rings. The fourth-order valence-electron chi connectivity index (χ4n) is 1.89. The minimum absolute atomic E-state index is 0.0238. The first-order chi connectivity index (χ1) is 9.90. The van der Waals surface area contributed by atoms with Crippen LogP contribution >= 0.6 is 0 Å². The van der Waals surface area contributed by atoms with Gasteiger partial charge in [0.05, 0.1) is 11.3 Å². The minimum atomic E-state index is -1.32. The second kappa shape index (κ2) is 5.62. The Hall–Kier alpha value is -2.89. The molecule has 0 aliphatic heterocycles. The zero-order chi connectivity index (χ0) is 15.6. The molecule has 108 valence electrons. The van der Waals surface area contributed by atoms with Gasteiger partial charge < -0.3 is 16.2 Å². The number of hydrogen-bond donors (Lipinski definition) is 3. The van der Waals surface area contributed by atoms with Crippen LogP contribution in [0.25, 0.3) is 0 Å². The average molecular weight is 288 g/mol. The van der Waals surface area contributed by atoms with Crippen molar-refractivity contribution in [3.63, 3.8) is 0 Å². The summed E-state index contributed by atoms with van der Waals surface area (Å²) in [7, 11) is 0. The number of aromatic carboxylic acids is 1. The molecule has 0 saturated heterocycles. The van der Waals surface area contributed by atoms with E-state index < -0.39 is 17.7 Å². The van der Waals surface area contributed by atoms with Crippen molar-refractivity contribution >= 4 is 23.3 Å². The number of nitrogens with two attached hydrogens (primary N) is 1. The van der Waals surface area contributed by atoms with E-state index in [4.69, 9.17) is 10.8 Å². The first kappa shape index (κ1) is 14.5. The quantitative estimate of drug-likeness (QED) is 0.757.